The van der Waals surface area contributed by atoms with Crippen LogP contribution in [-0.4, -0.2) is 59.6 Å². The highest BCUT2D eigenvalue weighted by molar-refractivity contribution is 9.10. The van der Waals surface area contributed by atoms with E-state index in [0.717, 1.165) is 0 Å². The third-order valence-corrected chi connectivity index (χ3v) is 3.68. The zero-order valence-electron chi connectivity index (χ0n) is 11.2. The molecule has 6 nitrogen and oxygen atoms in total. The molecule has 0 spiro atoms. The van der Waals surface area contributed by atoms with Gasteiger partial charge in [0.05, 0.1) is 12.2 Å². The van der Waals surface area contributed by atoms with Gasteiger partial charge in [0.25, 0.3) is 0 Å². The highest BCUT2D eigenvalue weighted by Gasteiger charge is 2.22. The van der Waals surface area contributed by atoms with E-state index in [1.54, 1.807) is 15.9 Å². The van der Waals surface area contributed by atoms with Gasteiger partial charge in [0.1, 0.15) is 5.82 Å². The number of rotatable bonds is 3. The number of piperazine rings is 1. The molecule has 0 unspecified atom stereocenters. The topological polar surface area (TPSA) is 72.9 Å². The van der Waals surface area contributed by atoms with E-state index in [-0.39, 0.29) is 18.3 Å². The van der Waals surface area contributed by atoms with Gasteiger partial charge in [-0.05, 0) is 18.2 Å². The van der Waals surface area contributed by atoms with Gasteiger partial charge in [0, 0.05) is 30.7 Å². The van der Waals surface area contributed by atoms with Gasteiger partial charge in [-0.3, -0.25) is 9.69 Å². The summed E-state index contributed by atoms with van der Waals surface area (Å²) in [4.78, 5) is 25.9. The number of anilines is 1. The van der Waals surface area contributed by atoms with Crippen molar-refractivity contribution in [1.29, 1.82) is 0 Å². The van der Waals surface area contributed by atoms with Crippen LogP contribution in [0.2, 0.25) is 0 Å². The van der Waals surface area contributed by atoms with Gasteiger partial charge in [0.2, 0.25) is 0 Å². The Kier molecular flexibility index (Phi) is 5.13. The van der Waals surface area contributed by atoms with Gasteiger partial charge in [-0.25, -0.2) is 9.18 Å². The summed E-state index contributed by atoms with van der Waals surface area (Å²) in [7, 11) is 0. The van der Waals surface area contributed by atoms with E-state index in [0.29, 0.717) is 30.7 Å². The van der Waals surface area contributed by atoms with E-state index < -0.39 is 11.8 Å². The highest BCUT2D eigenvalue weighted by atomic mass is 79.9. The molecule has 2 N–H and O–H groups in total. The van der Waals surface area contributed by atoms with Crippen molar-refractivity contribution in [3.63, 3.8) is 0 Å². The smallest absolute Gasteiger partial charge is 0.322 e. The van der Waals surface area contributed by atoms with Gasteiger partial charge in [0.15, 0.2) is 0 Å². The number of carboxylic acids is 1. The number of amides is 2. The van der Waals surface area contributed by atoms with Crippen LogP contribution in [0.25, 0.3) is 0 Å². The number of carbonyl (C=O) groups excluding carboxylic acids is 1. The Balaban J connectivity index is 1.89. The largest absolute Gasteiger partial charge is 0.480 e. The number of urea groups is 1. The molecule has 1 aliphatic rings. The van der Waals surface area contributed by atoms with Crippen molar-refractivity contribution in [2.45, 2.75) is 0 Å². The lowest BCUT2D eigenvalue weighted by molar-refractivity contribution is -0.138. The molecule has 0 aromatic heterocycles. The molecule has 1 heterocycles. The quantitative estimate of drug-likeness (QED) is 0.863. The summed E-state index contributed by atoms with van der Waals surface area (Å²) in [6.45, 7) is 1.77. The molecular formula is C13H15BrFN3O3. The van der Waals surface area contributed by atoms with Crippen LogP contribution in [0, 0.1) is 5.82 Å². The number of halogens is 2. The average molecular weight is 360 g/mol. The number of carboxylic acid groups (broad SMARTS) is 1. The van der Waals surface area contributed by atoms with Crippen molar-refractivity contribution < 1.29 is 19.1 Å². The number of aliphatic carboxylic acids is 1. The molecular weight excluding hydrogens is 345 g/mol. The number of nitrogens with one attached hydrogen (secondary N) is 1. The fourth-order valence-corrected chi connectivity index (χ4v) is 2.42. The van der Waals surface area contributed by atoms with E-state index in [4.69, 9.17) is 5.11 Å². The van der Waals surface area contributed by atoms with Gasteiger partial charge in [-0.1, -0.05) is 15.9 Å². The standard InChI is InChI=1S/C13H15BrFN3O3/c14-9-1-2-11(10(15)7-9)16-13(21)18-5-3-17(4-6-18)8-12(19)20/h1-2,7H,3-6,8H2,(H,16,21)(H,19,20). The molecule has 1 aromatic carbocycles. The number of carbonyl (C=O) groups is 2. The first-order chi connectivity index (χ1) is 9.95. The molecule has 21 heavy (non-hydrogen) atoms. The van der Waals surface area contributed by atoms with E-state index in [9.17, 15) is 14.0 Å². The van der Waals surface area contributed by atoms with Gasteiger partial charge in [-0.15, -0.1) is 0 Å². The zero-order chi connectivity index (χ0) is 15.4. The van der Waals surface area contributed by atoms with Crippen LogP contribution >= 0.6 is 15.9 Å². The van der Waals surface area contributed by atoms with Crippen LogP contribution in [0.4, 0.5) is 14.9 Å². The molecule has 0 aliphatic carbocycles. The second-order valence-electron chi connectivity index (χ2n) is 4.71. The van der Waals surface area contributed by atoms with Gasteiger partial charge in [-0.2, -0.15) is 0 Å². The van der Waals surface area contributed by atoms with Crippen LogP contribution in [0.1, 0.15) is 0 Å². The first-order valence-electron chi connectivity index (χ1n) is 6.41. The predicted octanol–water partition coefficient (Wildman–Crippen LogP) is 1.82. The van der Waals surface area contributed by atoms with E-state index >= 15 is 0 Å². The van der Waals surface area contributed by atoms with Crippen LogP contribution in [-0.2, 0) is 4.79 Å². The van der Waals surface area contributed by atoms with Crippen LogP contribution in [0.3, 0.4) is 0 Å². The Hall–Kier alpha value is -1.67. The zero-order valence-corrected chi connectivity index (χ0v) is 12.8. The monoisotopic (exact) mass is 359 g/mol. The van der Waals surface area contributed by atoms with Crippen molar-refractivity contribution >= 4 is 33.6 Å². The van der Waals surface area contributed by atoms with Crippen molar-refractivity contribution in [3.8, 4) is 0 Å². The minimum atomic E-state index is -0.884. The minimum absolute atomic E-state index is 0.0310. The summed E-state index contributed by atoms with van der Waals surface area (Å²) in [5.74, 6) is -1.40. The van der Waals surface area contributed by atoms with Gasteiger partial charge >= 0.3 is 12.0 Å². The maximum atomic E-state index is 13.6. The van der Waals surface area contributed by atoms with Crippen LogP contribution < -0.4 is 5.32 Å². The molecule has 1 aromatic rings. The van der Waals surface area contributed by atoms with Crippen LogP contribution in [0.5, 0.6) is 0 Å². The van der Waals surface area contributed by atoms with Crippen LogP contribution in [0.15, 0.2) is 22.7 Å². The van der Waals surface area contributed by atoms with Crippen molar-refractivity contribution in [2.24, 2.45) is 0 Å². The lowest BCUT2D eigenvalue weighted by Gasteiger charge is -2.33. The summed E-state index contributed by atoms with van der Waals surface area (Å²) in [5, 5.41) is 11.2. The molecule has 2 rings (SSSR count). The highest BCUT2D eigenvalue weighted by Crippen LogP contribution is 2.19. The van der Waals surface area contributed by atoms with Gasteiger partial charge < -0.3 is 15.3 Å². The fraction of sp³-hybridized carbons (Fsp3) is 0.385. The number of benzene rings is 1. The summed E-state index contributed by atoms with van der Waals surface area (Å²) >= 11 is 3.15. The molecule has 0 radical (unpaired) electrons. The molecule has 0 saturated carbocycles. The molecule has 2 amide bonds. The van der Waals surface area contributed by atoms with E-state index in [1.165, 1.54) is 12.1 Å². The predicted molar refractivity (Wildman–Crippen MR) is 78.8 cm³/mol. The Morgan fingerprint density at radius 3 is 2.52 bits per heavy atom. The lowest BCUT2D eigenvalue weighted by Crippen LogP contribution is -2.51. The minimum Gasteiger partial charge on any atom is -0.480 e. The maximum Gasteiger partial charge on any atom is 0.322 e. The first kappa shape index (κ1) is 15.7. The van der Waals surface area contributed by atoms with E-state index in [2.05, 4.69) is 21.2 Å². The summed E-state index contributed by atoms with van der Waals surface area (Å²) in [6.07, 6.45) is 0. The SMILES string of the molecule is O=C(O)CN1CCN(C(=O)Nc2ccc(Br)cc2F)CC1. The maximum absolute atomic E-state index is 13.6. The number of hydrogen-bond donors (Lipinski definition) is 2. The molecule has 0 atom stereocenters. The number of hydrogen-bond acceptors (Lipinski definition) is 3. The molecule has 114 valence electrons. The second kappa shape index (κ2) is 6.86. The third kappa shape index (κ3) is 4.40. The molecule has 1 aliphatic heterocycles. The molecule has 0 bridgehead atoms. The molecule has 8 heteroatoms. The van der Waals surface area contributed by atoms with Crippen molar-refractivity contribution in [3.05, 3.63) is 28.5 Å². The molecule has 1 saturated heterocycles. The Labute approximate surface area is 129 Å². The summed E-state index contributed by atoms with van der Waals surface area (Å²) in [5.41, 5.74) is 0.121. The third-order valence-electron chi connectivity index (χ3n) is 3.19. The van der Waals surface area contributed by atoms with E-state index in [1.807, 2.05) is 0 Å². The Morgan fingerprint density at radius 1 is 1.29 bits per heavy atom. The first-order valence-corrected chi connectivity index (χ1v) is 7.20. The molecule has 1 fully saturated rings. The normalized spacial score (nSPS) is 15.8. The lowest BCUT2D eigenvalue weighted by atomic mass is 10.3. The number of nitrogens with zero attached hydrogens (tertiary/aromatic N) is 2. The second-order valence-corrected chi connectivity index (χ2v) is 5.63. The van der Waals surface area contributed by atoms with Crippen molar-refractivity contribution in [2.75, 3.05) is 38.0 Å². The fourth-order valence-electron chi connectivity index (χ4n) is 2.09. The van der Waals surface area contributed by atoms with Crippen molar-refractivity contribution in [1.82, 2.24) is 9.80 Å². The Bertz CT molecular complexity index is 547. The summed E-state index contributed by atoms with van der Waals surface area (Å²) in [6, 6.07) is 4.02. The Morgan fingerprint density at radius 2 is 1.95 bits per heavy atom. The summed E-state index contributed by atoms with van der Waals surface area (Å²) < 4.78 is 14.2. The average Bonchev–Trinajstić information content (AvgIpc) is 2.42.